The van der Waals surface area contributed by atoms with Crippen LogP contribution >= 0.6 is 0 Å². The average molecular weight is 344 g/mol. The first-order valence-corrected chi connectivity index (χ1v) is 9.19. The molecule has 5 nitrogen and oxygen atoms in total. The van der Waals surface area contributed by atoms with Gasteiger partial charge in [0.25, 0.3) is 0 Å². The second-order valence-corrected chi connectivity index (χ2v) is 8.37. The van der Waals surface area contributed by atoms with Gasteiger partial charge in [0, 0.05) is 19.0 Å². The third-order valence-corrected chi connectivity index (χ3v) is 5.15. The highest BCUT2D eigenvalue weighted by atomic mass is 16.3. The van der Waals surface area contributed by atoms with Gasteiger partial charge in [-0.1, -0.05) is 26.8 Å². The number of hydrogen-bond donors (Lipinski definition) is 2. The first-order chi connectivity index (χ1) is 11.8. The summed E-state index contributed by atoms with van der Waals surface area (Å²) in [6, 6.07) is 5.34. The number of hydrogen-bond acceptors (Lipinski definition) is 3. The van der Waals surface area contributed by atoms with Crippen molar-refractivity contribution in [2.45, 2.75) is 51.9 Å². The molecule has 1 saturated heterocycles. The van der Waals surface area contributed by atoms with E-state index in [1.807, 2.05) is 17.0 Å². The maximum absolute atomic E-state index is 12.7. The van der Waals surface area contributed by atoms with Crippen molar-refractivity contribution in [1.29, 1.82) is 0 Å². The molecule has 1 aliphatic heterocycles. The number of phenols is 1. The van der Waals surface area contributed by atoms with E-state index in [4.69, 9.17) is 0 Å². The van der Waals surface area contributed by atoms with Crippen molar-refractivity contribution in [2.75, 3.05) is 18.4 Å². The van der Waals surface area contributed by atoms with Crippen LogP contribution in [0.25, 0.3) is 0 Å². The van der Waals surface area contributed by atoms with E-state index in [0.717, 1.165) is 37.8 Å². The average Bonchev–Trinajstić information content (AvgIpc) is 3.40. The van der Waals surface area contributed by atoms with Gasteiger partial charge < -0.3 is 15.3 Å². The summed E-state index contributed by atoms with van der Waals surface area (Å²) in [5.74, 6) is 0.135. The Morgan fingerprint density at radius 1 is 1.16 bits per heavy atom. The van der Waals surface area contributed by atoms with Crippen LogP contribution < -0.4 is 5.32 Å². The molecule has 1 saturated carbocycles. The van der Waals surface area contributed by atoms with E-state index in [0.29, 0.717) is 12.2 Å². The standard InChI is InChI=1S/C20H28N2O3/c1-20(2,3)15-8-9-17(23)16(11-15)21-18(24)14-5-4-10-22(12-14)19(25)13-6-7-13/h8-9,11,13-14,23H,4-7,10,12H2,1-3H3,(H,21,24)/t14-/m0/s1. The van der Waals surface area contributed by atoms with Gasteiger partial charge in [0.1, 0.15) is 5.75 Å². The van der Waals surface area contributed by atoms with Gasteiger partial charge in [-0.3, -0.25) is 9.59 Å². The highest BCUT2D eigenvalue weighted by Gasteiger charge is 2.36. The monoisotopic (exact) mass is 344 g/mol. The molecule has 0 bridgehead atoms. The van der Waals surface area contributed by atoms with Gasteiger partial charge in [0.2, 0.25) is 11.8 Å². The van der Waals surface area contributed by atoms with Gasteiger partial charge >= 0.3 is 0 Å². The fraction of sp³-hybridized carbons (Fsp3) is 0.600. The van der Waals surface area contributed by atoms with Crippen molar-refractivity contribution >= 4 is 17.5 Å². The molecule has 3 rings (SSSR count). The molecule has 0 unspecified atom stereocenters. The highest BCUT2D eigenvalue weighted by molar-refractivity contribution is 5.94. The Bertz CT molecular complexity index is 674. The normalized spacial score (nSPS) is 21.1. The Labute approximate surface area is 149 Å². The van der Waals surface area contributed by atoms with Crippen LogP contribution in [-0.4, -0.2) is 34.9 Å². The number of amides is 2. The van der Waals surface area contributed by atoms with E-state index < -0.39 is 0 Å². The lowest BCUT2D eigenvalue weighted by atomic mass is 9.86. The van der Waals surface area contributed by atoms with E-state index in [1.165, 1.54) is 0 Å². The third kappa shape index (κ3) is 4.14. The zero-order valence-corrected chi connectivity index (χ0v) is 15.3. The molecule has 1 atom stereocenters. The van der Waals surface area contributed by atoms with Crippen LogP contribution in [0.5, 0.6) is 5.75 Å². The van der Waals surface area contributed by atoms with E-state index in [2.05, 4.69) is 26.1 Å². The van der Waals surface area contributed by atoms with Crippen LogP contribution in [0.1, 0.15) is 52.0 Å². The number of nitrogens with one attached hydrogen (secondary N) is 1. The molecule has 0 aromatic heterocycles. The summed E-state index contributed by atoms with van der Waals surface area (Å²) in [5.41, 5.74) is 1.43. The first kappa shape index (κ1) is 17.8. The predicted molar refractivity (Wildman–Crippen MR) is 97.5 cm³/mol. The van der Waals surface area contributed by atoms with E-state index in [1.54, 1.807) is 6.07 Å². The molecular weight excluding hydrogens is 316 g/mol. The Balaban J connectivity index is 1.68. The minimum Gasteiger partial charge on any atom is -0.506 e. The minimum absolute atomic E-state index is 0.0640. The van der Waals surface area contributed by atoms with Gasteiger partial charge in [0.15, 0.2) is 0 Å². The van der Waals surface area contributed by atoms with E-state index in [-0.39, 0.29) is 34.8 Å². The summed E-state index contributed by atoms with van der Waals surface area (Å²) in [6.45, 7) is 7.51. The molecule has 2 N–H and O–H groups in total. The number of likely N-dealkylation sites (tertiary alicyclic amines) is 1. The highest BCUT2D eigenvalue weighted by Crippen LogP contribution is 2.34. The molecule has 1 aromatic carbocycles. The lowest BCUT2D eigenvalue weighted by Crippen LogP contribution is -2.44. The molecule has 1 heterocycles. The van der Waals surface area contributed by atoms with Gasteiger partial charge in [-0.25, -0.2) is 0 Å². The molecule has 1 aromatic rings. The van der Waals surface area contributed by atoms with Crippen LogP contribution in [-0.2, 0) is 15.0 Å². The van der Waals surface area contributed by atoms with E-state index in [9.17, 15) is 14.7 Å². The first-order valence-electron chi connectivity index (χ1n) is 9.19. The fourth-order valence-electron chi connectivity index (χ4n) is 3.32. The lowest BCUT2D eigenvalue weighted by molar-refractivity contribution is -0.135. The maximum Gasteiger partial charge on any atom is 0.229 e. The van der Waals surface area contributed by atoms with Gasteiger partial charge in [-0.05, 0) is 48.8 Å². The Kier molecular flexibility index (Phi) is 4.76. The molecule has 5 heteroatoms. The van der Waals surface area contributed by atoms with Crippen molar-refractivity contribution in [3.63, 3.8) is 0 Å². The Morgan fingerprint density at radius 2 is 1.88 bits per heavy atom. The summed E-state index contributed by atoms with van der Waals surface area (Å²) in [6.07, 6.45) is 3.60. The molecule has 0 radical (unpaired) electrons. The molecule has 2 fully saturated rings. The zero-order chi connectivity index (χ0) is 18.2. The zero-order valence-electron chi connectivity index (χ0n) is 15.3. The van der Waals surface area contributed by atoms with E-state index >= 15 is 0 Å². The van der Waals surface area contributed by atoms with Gasteiger partial charge in [-0.2, -0.15) is 0 Å². The smallest absolute Gasteiger partial charge is 0.229 e. The summed E-state index contributed by atoms with van der Waals surface area (Å²) >= 11 is 0. The molecule has 2 amide bonds. The SMILES string of the molecule is CC(C)(C)c1ccc(O)c(NC(=O)[C@H]2CCCN(C(=O)C3CC3)C2)c1. The number of anilines is 1. The van der Waals surface area contributed by atoms with Crippen molar-refractivity contribution in [3.8, 4) is 5.75 Å². The molecule has 25 heavy (non-hydrogen) atoms. The van der Waals surface area contributed by atoms with Gasteiger partial charge in [0.05, 0.1) is 11.6 Å². The number of phenolic OH excluding ortho intramolecular Hbond substituents is 1. The molecule has 1 aliphatic carbocycles. The summed E-state index contributed by atoms with van der Waals surface area (Å²) < 4.78 is 0. The number of nitrogens with zero attached hydrogens (tertiary/aromatic N) is 1. The van der Waals surface area contributed by atoms with Crippen molar-refractivity contribution in [1.82, 2.24) is 4.90 Å². The molecule has 2 aliphatic rings. The topological polar surface area (TPSA) is 69.6 Å². The second-order valence-electron chi connectivity index (χ2n) is 8.37. The van der Waals surface area contributed by atoms with Crippen LogP contribution in [0.3, 0.4) is 0 Å². The Hall–Kier alpha value is -2.04. The van der Waals surface area contributed by atoms with Crippen LogP contribution in [0.15, 0.2) is 18.2 Å². The number of benzene rings is 1. The summed E-state index contributed by atoms with van der Waals surface area (Å²) in [4.78, 5) is 26.8. The molecular formula is C20H28N2O3. The quantitative estimate of drug-likeness (QED) is 0.827. The van der Waals surface area contributed by atoms with Crippen molar-refractivity contribution in [2.24, 2.45) is 11.8 Å². The largest absolute Gasteiger partial charge is 0.506 e. The maximum atomic E-state index is 12.7. The number of carbonyl (C=O) groups is 2. The second kappa shape index (κ2) is 6.70. The number of carbonyl (C=O) groups excluding carboxylic acids is 2. The minimum atomic E-state index is -0.214. The third-order valence-electron chi connectivity index (χ3n) is 5.15. The van der Waals surface area contributed by atoms with Crippen molar-refractivity contribution < 1.29 is 14.7 Å². The number of piperidine rings is 1. The number of rotatable bonds is 3. The van der Waals surface area contributed by atoms with Crippen LogP contribution in [0.4, 0.5) is 5.69 Å². The van der Waals surface area contributed by atoms with Crippen LogP contribution in [0, 0.1) is 11.8 Å². The fourth-order valence-corrected chi connectivity index (χ4v) is 3.32. The van der Waals surface area contributed by atoms with Crippen LogP contribution in [0.2, 0.25) is 0 Å². The van der Waals surface area contributed by atoms with Crippen molar-refractivity contribution in [3.05, 3.63) is 23.8 Å². The van der Waals surface area contributed by atoms with Gasteiger partial charge in [-0.15, -0.1) is 0 Å². The molecule has 0 spiro atoms. The lowest BCUT2D eigenvalue weighted by Gasteiger charge is -2.32. The summed E-state index contributed by atoms with van der Waals surface area (Å²) in [7, 11) is 0. The Morgan fingerprint density at radius 3 is 2.52 bits per heavy atom. The molecule has 136 valence electrons. The summed E-state index contributed by atoms with van der Waals surface area (Å²) in [5, 5.41) is 13.0. The predicted octanol–water partition coefficient (Wildman–Crippen LogP) is 3.28. The number of aromatic hydroxyl groups is 1.